The molecular formula is C13H17N3O4S. The number of carbonyl (C=O) groups excluding carboxylic acids is 2. The molecule has 114 valence electrons. The number of anilines is 1. The second kappa shape index (κ2) is 6.23. The van der Waals surface area contributed by atoms with E-state index in [1.807, 2.05) is 6.92 Å². The van der Waals surface area contributed by atoms with Crippen molar-refractivity contribution in [3.8, 4) is 0 Å². The fraction of sp³-hybridized carbons (Fsp3) is 0.462. The van der Waals surface area contributed by atoms with E-state index in [-0.39, 0.29) is 23.9 Å². The number of carbonyl (C=O) groups is 3. The number of thiophene rings is 1. The van der Waals surface area contributed by atoms with Gasteiger partial charge in [-0.3, -0.25) is 19.3 Å². The fourth-order valence-electron chi connectivity index (χ4n) is 2.55. The number of hydrogen-bond donors (Lipinski definition) is 3. The zero-order valence-electron chi connectivity index (χ0n) is 11.5. The predicted octanol–water partition coefficient (Wildman–Crippen LogP) is 0.581. The molecular weight excluding hydrogens is 294 g/mol. The molecule has 4 N–H and O–H groups in total. The molecule has 0 bridgehead atoms. The molecule has 0 saturated carbocycles. The van der Waals surface area contributed by atoms with Crippen LogP contribution in [-0.2, 0) is 9.59 Å². The quantitative estimate of drug-likeness (QED) is 0.736. The molecule has 2 atom stereocenters. The molecule has 1 saturated heterocycles. The monoisotopic (exact) mass is 311 g/mol. The van der Waals surface area contributed by atoms with E-state index in [4.69, 9.17) is 5.73 Å². The smallest absolute Gasteiger partial charge is 0.321 e. The fourth-order valence-corrected chi connectivity index (χ4v) is 3.36. The van der Waals surface area contributed by atoms with Gasteiger partial charge in [-0.1, -0.05) is 6.92 Å². The number of rotatable bonds is 5. The van der Waals surface area contributed by atoms with Crippen LogP contribution in [0.25, 0.3) is 0 Å². The third kappa shape index (κ3) is 3.40. The average molecular weight is 311 g/mol. The van der Waals surface area contributed by atoms with Crippen LogP contribution in [0, 0.1) is 5.92 Å². The first-order valence-corrected chi connectivity index (χ1v) is 7.42. The van der Waals surface area contributed by atoms with Gasteiger partial charge in [-0.05, 0) is 30.3 Å². The molecule has 2 amide bonds. The van der Waals surface area contributed by atoms with Crippen LogP contribution >= 0.6 is 11.3 Å². The van der Waals surface area contributed by atoms with Crippen molar-refractivity contribution in [2.45, 2.75) is 19.4 Å². The van der Waals surface area contributed by atoms with Gasteiger partial charge in [0, 0.05) is 0 Å². The minimum Gasteiger partial charge on any atom is -0.480 e. The summed E-state index contributed by atoms with van der Waals surface area (Å²) in [6, 6.07) is 0.898. The van der Waals surface area contributed by atoms with Crippen molar-refractivity contribution in [2.24, 2.45) is 11.7 Å². The number of carboxylic acids is 1. The van der Waals surface area contributed by atoms with Gasteiger partial charge in [0.05, 0.1) is 12.1 Å². The van der Waals surface area contributed by atoms with Gasteiger partial charge in [-0.15, -0.1) is 11.3 Å². The SMILES string of the molecule is CC1CCN(CC(=O)Nc2sccc2C(N)=O)C1C(=O)O. The highest BCUT2D eigenvalue weighted by Gasteiger charge is 2.37. The number of nitrogens with zero attached hydrogens (tertiary/aromatic N) is 1. The van der Waals surface area contributed by atoms with Crippen molar-refractivity contribution in [3.05, 3.63) is 17.0 Å². The topological polar surface area (TPSA) is 113 Å². The Labute approximate surface area is 125 Å². The lowest BCUT2D eigenvalue weighted by Crippen LogP contribution is -2.43. The van der Waals surface area contributed by atoms with Crippen LogP contribution in [0.5, 0.6) is 0 Å². The molecule has 1 aliphatic heterocycles. The van der Waals surface area contributed by atoms with Crippen LogP contribution in [-0.4, -0.2) is 46.9 Å². The van der Waals surface area contributed by atoms with Crippen molar-refractivity contribution >= 4 is 34.1 Å². The van der Waals surface area contributed by atoms with Crippen molar-refractivity contribution in [1.82, 2.24) is 4.90 Å². The number of nitrogens with two attached hydrogens (primary N) is 1. The second-order valence-electron chi connectivity index (χ2n) is 5.10. The Morgan fingerprint density at radius 1 is 1.52 bits per heavy atom. The lowest BCUT2D eigenvalue weighted by molar-refractivity contribution is -0.143. The first-order chi connectivity index (χ1) is 9.90. The van der Waals surface area contributed by atoms with E-state index >= 15 is 0 Å². The first-order valence-electron chi connectivity index (χ1n) is 6.54. The summed E-state index contributed by atoms with van der Waals surface area (Å²) in [4.78, 5) is 36.1. The minimum atomic E-state index is -0.915. The first kappa shape index (κ1) is 15.5. The van der Waals surface area contributed by atoms with Gasteiger partial charge in [0.25, 0.3) is 5.91 Å². The van der Waals surface area contributed by atoms with E-state index in [0.717, 1.165) is 6.42 Å². The molecule has 2 heterocycles. The molecule has 0 radical (unpaired) electrons. The zero-order valence-corrected chi connectivity index (χ0v) is 12.4. The van der Waals surface area contributed by atoms with Gasteiger partial charge in [0.15, 0.2) is 0 Å². The molecule has 1 aromatic heterocycles. The highest BCUT2D eigenvalue weighted by Crippen LogP contribution is 2.25. The van der Waals surface area contributed by atoms with E-state index in [1.165, 1.54) is 11.3 Å². The molecule has 7 nitrogen and oxygen atoms in total. The van der Waals surface area contributed by atoms with Crippen LogP contribution in [0.15, 0.2) is 11.4 Å². The lowest BCUT2D eigenvalue weighted by atomic mass is 10.0. The van der Waals surface area contributed by atoms with Crippen LogP contribution in [0.4, 0.5) is 5.00 Å². The van der Waals surface area contributed by atoms with Gasteiger partial charge in [0.2, 0.25) is 5.91 Å². The second-order valence-corrected chi connectivity index (χ2v) is 6.01. The highest BCUT2D eigenvalue weighted by molar-refractivity contribution is 7.14. The summed E-state index contributed by atoms with van der Waals surface area (Å²) >= 11 is 1.20. The average Bonchev–Trinajstić information content (AvgIpc) is 2.96. The normalized spacial score (nSPS) is 22.1. The van der Waals surface area contributed by atoms with Crippen LogP contribution in [0.3, 0.4) is 0 Å². The van der Waals surface area contributed by atoms with E-state index in [1.54, 1.807) is 16.3 Å². The van der Waals surface area contributed by atoms with Crippen LogP contribution in [0.2, 0.25) is 0 Å². The lowest BCUT2D eigenvalue weighted by Gasteiger charge is -2.22. The van der Waals surface area contributed by atoms with Gasteiger partial charge in [-0.25, -0.2) is 0 Å². The molecule has 2 rings (SSSR count). The Hall–Kier alpha value is -1.93. The number of aliphatic carboxylic acids is 1. The number of likely N-dealkylation sites (tertiary alicyclic amines) is 1. The molecule has 0 spiro atoms. The molecule has 21 heavy (non-hydrogen) atoms. The van der Waals surface area contributed by atoms with Gasteiger partial charge < -0.3 is 16.2 Å². The van der Waals surface area contributed by atoms with E-state index in [2.05, 4.69) is 5.32 Å². The number of carboxylic acid groups (broad SMARTS) is 1. The maximum absolute atomic E-state index is 12.0. The molecule has 0 aromatic carbocycles. The van der Waals surface area contributed by atoms with Crippen molar-refractivity contribution in [3.63, 3.8) is 0 Å². The summed E-state index contributed by atoms with van der Waals surface area (Å²) in [5.41, 5.74) is 5.47. The number of hydrogen-bond acceptors (Lipinski definition) is 5. The summed E-state index contributed by atoms with van der Waals surface area (Å²) in [6.07, 6.45) is 0.746. The molecule has 0 aliphatic carbocycles. The van der Waals surface area contributed by atoms with E-state index in [9.17, 15) is 19.5 Å². The minimum absolute atomic E-state index is 0.0122. The van der Waals surface area contributed by atoms with Crippen molar-refractivity contribution < 1.29 is 19.5 Å². The van der Waals surface area contributed by atoms with E-state index in [0.29, 0.717) is 11.5 Å². The van der Waals surface area contributed by atoms with Gasteiger partial charge in [0.1, 0.15) is 11.0 Å². The number of amides is 2. The molecule has 8 heteroatoms. The standard InChI is InChI=1S/C13H17N3O4S/c1-7-2-4-16(10(7)13(19)20)6-9(17)15-12-8(11(14)18)3-5-21-12/h3,5,7,10H,2,4,6H2,1H3,(H2,14,18)(H,15,17)(H,19,20). The van der Waals surface area contributed by atoms with Gasteiger partial charge >= 0.3 is 5.97 Å². The summed E-state index contributed by atoms with van der Waals surface area (Å²) in [5, 5.41) is 13.9. The summed E-state index contributed by atoms with van der Waals surface area (Å²) < 4.78 is 0. The maximum atomic E-state index is 12.0. The molecule has 2 unspecified atom stereocenters. The highest BCUT2D eigenvalue weighted by atomic mass is 32.1. The Kier molecular flexibility index (Phi) is 4.59. The Balaban J connectivity index is 2.00. The Morgan fingerprint density at radius 2 is 2.24 bits per heavy atom. The largest absolute Gasteiger partial charge is 0.480 e. The Bertz CT molecular complexity index is 572. The van der Waals surface area contributed by atoms with Crippen LogP contribution in [0.1, 0.15) is 23.7 Å². The number of primary amides is 1. The molecule has 1 aliphatic rings. The summed E-state index contributed by atoms with van der Waals surface area (Å²) in [5.74, 6) is -1.86. The third-order valence-electron chi connectivity index (χ3n) is 3.59. The third-order valence-corrected chi connectivity index (χ3v) is 4.42. The molecule has 1 fully saturated rings. The van der Waals surface area contributed by atoms with Crippen molar-refractivity contribution in [2.75, 3.05) is 18.4 Å². The summed E-state index contributed by atoms with van der Waals surface area (Å²) in [7, 11) is 0. The number of nitrogens with one attached hydrogen (secondary N) is 1. The predicted molar refractivity (Wildman–Crippen MR) is 78.2 cm³/mol. The van der Waals surface area contributed by atoms with E-state index < -0.39 is 17.9 Å². The molecule has 1 aromatic rings. The van der Waals surface area contributed by atoms with Gasteiger partial charge in [-0.2, -0.15) is 0 Å². The Morgan fingerprint density at radius 3 is 2.86 bits per heavy atom. The zero-order chi connectivity index (χ0) is 15.6. The van der Waals surface area contributed by atoms with Crippen LogP contribution < -0.4 is 11.1 Å². The van der Waals surface area contributed by atoms with Crippen molar-refractivity contribution in [1.29, 1.82) is 0 Å². The summed E-state index contributed by atoms with van der Waals surface area (Å²) in [6.45, 7) is 2.41. The maximum Gasteiger partial charge on any atom is 0.321 e.